The number of rotatable bonds is 2. The molecule has 1 saturated heterocycles. The molecule has 2 aromatic rings. The van der Waals surface area contributed by atoms with Gasteiger partial charge in [-0.15, -0.1) is 0 Å². The fourth-order valence-corrected chi connectivity index (χ4v) is 4.12. The molecule has 1 unspecified atom stereocenters. The summed E-state index contributed by atoms with van der Waals surface area (Å²) in [6.45, 7) is 2.44. The average molecular weight is 397 g/mol. The van der Waals surface area contributed by atoms with E-state index in [4.69, 9.17) is 4.74 Å². The van der Waals surface area contributed by atoms with Crippen molar-refractivity contribution in [2.75, 3.05) is 13.1 Å². The number of ether oxygens (including phenoxy) is 1. The number of carbonyl (C=O) groups excluding carboxylic acids is 2. The van der Waals surface area contributed by atoms with E-state index in [1.807, 2.05) is 18.2 Å². The smallest absolute Gasteiger partial charge is 0.328 e. The Morgan fingerprint density at radius 3 is 2.79 bits per heavy atom. The summed E-state index contributed by atoms with van der Waals surface area (Å²) in [4.78, 5) is 52.7. The number of nitrogens with one attached hydrogen (secondary N) is 1. The van der Waals surface area contributed by atoms with Crippen molar-refractivity contribution in [2.45, 2.75) is 44.8 Å². The molecule has 0 saturated carbocycles. The highest BCUT2D eigenvalue weighted by Crippen LogP contribution is 2.39. The van der Waals surface area contributed by atoms with E-state index in [1.165, 1.54) is 10.8 Å². The molecule has 3 heterocycles. The number of para-hydroxylation sites is 1. The van der Waals surface area contributed by atoms with Crippen molar-refractivity contribution in [1.82, 2.24) is 14.5 Å². The van der Waals surface area contributed by atoms with Crippen molar-refractivity contribution in [1.29, 1.82) is 0 Å². The van der Waals surface area contributed by atoms with Crippen LogP contribution in [-0.4, -0.2) is 44.8 Å². The third kappa shape index (κ3) is 3.74. The van der Waals surface area contributed by atoms with Crippen LogP contribution in [0.15, 0.2) is 40.1 Å². The number of benzene rings is 1. The first-order chi connectivity index (χ1) is 13.9. The molecule has 1 aromatic heterocycles. The zero-order valence-corrected chi connectivity index (χ0v) is 16.3. The number of aryl methyl sites for hydroxylation is 1. The SMILES string of the molecule is Cc1cn(CC(=O)N2CCCC3(CC2)CC(=O)c2ccccc2O3)c(=O)[nH]c1=O. The van der Waals surface area contributed by atoms with E-state index in [0.29, 0.717) is 55.6 Å². The predicted molar refractivity (Wildman–Crippen MR) is 105 cm³/mol. The molecule has 0 bridgehead atoms. The molecule has 8 heteroatoms. The van der Waals surface area contributed by atoms with Gasteiger partial charge in [-0.1, -0.05) is 12.1 Å². The summed E-state index contributed by atoms with van der Waals surface area (Å²) in [7, 11) is 0. The molecule has 1 spiro atoms. The Hall–Kier alpha value is -3.16. The molecule has 1 amide bonds. The summed E-state index contributed by atoms with van der Waals surface area (Å²) < 4.78 is 7.47. The summed E-state index contributed by atoms with van der Waals surface area (Å²) in [6.07, 6.45) is 3.66. The molecular weight excluding hydrogens is 374 g/mol. The Balaban J connectivity index is 1.48. The number of ketones is 1. The minimum Gasteiger partial charge on any atom is -0.486 e. The molecule has 0 radical (unpaired) electrons. The first-order valence-corrected chi connectivity index (χ1v) is 9.76. The van der Waals surface area contributed by atoms with Crippen molar-refractivity contribution < 1.29 is 14.3 Å². The summed E-state index contributed by atoms with van der Waals surface area (Å²) in [6, 6.07) is 7.27. The first kappa shape index (κ1) is 19.2. The molecule has 8 nitrogen and oxygen atoms in total. The van der Waals surface area contributed by atoms with Gasteiger partial charge in [-0.05, 0) is 31.9 Å². The van der Waals surface area contributed by atoms with E-state index >= 15 is 0 Å². The Bertz CT molecular complexity index is 1090. The molecule has 0 aliphatic carbocycles. The van der Waals surface area contributed by atoms with Crippen LogP contribution < -0.4 is 16.0 Å². The Morgan fingerprint density at radius 2 is 1.97 bits per heavy atom. The molecule has 29 heavy (non-hydrogen) atoms. The highest BCUT2D eigenvalue weighted by molar-refractivity contribution is 6.00. The second kappa shape index (κ2) is 7.35. The van der Waals surface area contributed by atoms with Gasteiger partial charge >= 0.3 is 5.69 Å². The lowest BCUT2D eigenvalue weighted by molar-refractivity contribution is -0.132. The fraction of sp³-hybridized carbons (Fsp3) is 0.429. The molecule has 1 fully saturated rings. The lowest BCUT2D eigenvalue weighted by Gasteiger charge is -2.37. The maximum absolute atomic E-state index is 12.8. The van der Waals surface area contributed by atoms with E-state index in [9.17, 15) is 19.2 Å². The van der Waals surface area contributed by atoms with Crippen molar-refractivity contribution in [2.24, 2.45) is 0 Å². The van der Waals surface area contributed by atoms with Crippen LogP contribution in [0.4, 0.5) is 0 Å². The fourth-order valence-electron chi connectivity index (χ4n) is 4.12. The summed E-state index contributed by atoms with van der Waals surface area (Å²) in [5.41, 5.74) is -0.651. The maximum Gasteiger partial charge on any atom is 0.328 e. The van der Waals surface area contributed by atoms with Gasteiger partial charge in [0, 0.05) is 31.3 Å². The summed E-state index contributed by atoms with van der Waals surface area (Å²) in [5.74, 6) is 0.485. The average Bonchev–Trinajstić information content (AvgIpc) is 2.88. The second-order valence-electron chi connectivity index (χ2n) is 7.81. The number of fused-ring (bicyclic) bond motifs is 1. The molecule has 152 valence electrons. The van der Waals surface area contributed by atoms with Crippen molar-refractivity contribution in [3.05, 3.63) is 62.4 Å². The van der Waals surface area contributed by atoms with Gasteiger partial charge < -0.3 is 9.64 Å². The maximum atomic E-state index is 12.8. The lowest BCUT2D eigenvalue weighted by atomic mass is 9.84. The number of likely N-dealkylation sites (tertiary alicyclic amines) is 1. The molecule has 1 N–H and O–H groups in total. The van der Waals surface area contributed by atoms with Gasteiger partial charge in [0.2, 0.25) is 5.91 Å². The Morgan fingerprint density at radius 1 is 1.17 bits per heavy atom. The number of carbonyl (C=O) groups is 2. The molecular formula is C21H23N3O5. The van der Waals surface area contributed by atoms with Crippen LogP contribution >= 0.6 is 0 Å². The monoisotopic (exact) mass is 397 g/mol. The van der Waals surface area contributed by atoms with Crippen LogP contribution in [0, 0.1) is 6.92 Å². The molecule has 2 aliphatic rings. The number of nitrogens with zero attached hydrogens (tertiary/aromatic N) is 2. The van der Waals surface area contributed by atoms with Gasteiger partial charge in [0.15, 0.2) is 5.78 Å². The molecule has 1 aromatic carbocycles. The third-order valence-corrected chi connectivity index (χ3v) is 5.74. The van der Waals surface area contributed by atoms with Crippen LogP contribution in [-0.2, 0) is 11.3 Å². The molecule has 4 rings (SSSR count). The second-order valence-corrected chi connectivity index (χ2v) is 7.81. The summed E-state index contributed by atoms with van der Waals surface area (Å²) >= 11 is 0. The number of aromatic amines is 1. The largest absolute Gasteiger partial charge is 0.486 e. The van der Waals surface area contributed by atoms with Crippen LogP contribution in [0.25, 0.3) is 0 Å². The molecule has 2 aliphatic heterocycles. The highest BCUT2D eigenvalue weighted by Gasteiger charge is 2.41. The van der Waals surface area contributed by atoms with Crippen molar-refractivity contribution >= 4 is 11.7 Å². The Kier molecular flexibility index (Phi) is 4.86. The van der Waals surface area contributed by atoms with Crippen molar-refractivity contribution in [3.63, 3.8) is 0 Å². The number of amides is 1. The number of hydrogen-bond donors (Lipinski definition) is 1. The number of aromatic nitrogens is 2. The normalized spacial score (nSPS) is 21.4. The quantitative estimate of drug-likeness (QED) is 0.822. The Labute approximate surface area is 167 Å². The van der Waals surface area contributed by atoms with E-state index in [0.717, 1.165) is 0 Å². The molecule has 1 atom stereocenters. The van der Waals surface area contributed by atoms with E-state index in [1.54, 1.807) is 17.9 Å². The van der Waals surface area contributed by atoms with Crippen molar-refractivity contribution in [3.8, 4) is 5.75 Å². The van der Waals surface area contributed by atoms with E-state index in [2.05, 4.69) is 4.98 Å². The lowest BCUT2D eigenvalue weighted by Crippen LogP contribution is -2.44. The predicted octanol–water partition coefficient (Wildman–Crippen LogP) is 1.26. The van der Waals surface area contributed by atoms with Gasteiger partial charge in [0.05, 0.1) is 12.0 Å². The van der Waals surface area contributed by atoms with Gasteiger partial charge in [-0.25, -0.2) is 4.79 Å². The van der Waals surface area contributed by atoms with E-state index in [-0.39, 0.29) is 18.2 Å². The zero-order valence-electron chi connectivity index (χ0n) is 16.3. The van der Waals surface area contributed by atoms with Gasteiger partial charge in [0.25, 0.3) is 5.56 Å². The zero-order chi connectivity index (χ0) is 20.6. The van der Waals surface area contributed by atoms with E-state index < -0.39 is 16.9 Å². The van der Waals surface area contributed by atoms with Gasteiger partial charge in [0.1, 0.15) is 17.9 Å². The van der Waals surface area contributed by atoms with Crippen LogP contribution in [0.5, 0.6) is 5.75 Å². The first-order valence-electron chi connectivity index (χ1n) is 9.76. The van der Waals surface area contributed by atoms with Gasteiger partial charge in [-0.3, -0.25) is 23.9 Å². The number of Topliss-reactive ketones (excluding diaryl/α,β-unsaturated/α-hetero) is 1. The number of H-pyrrole nitrogens is 1. The number of hydrogen-bond acceptors (Lipinski definition) is 5. The standard InChI is InChI=1S/C21H23N3O5/c1-14-12-24(20(28)22-19(14)27)13-18(26)23-9-4-7-21(8-10-23)11-16(25)15-5-2-3-6-17(15)29-21/h2-3,5-6,12H,4,7-11,13H2,1H3,(H,22,27,28). The minimum atomic E-state index is -0.599. The van der Waals surface area contributed by atoms with Crippen LogP contribution in [0.3, 0.4) is 0 Å². The topological polar surface area (TPSA) is 101 Å². The highest BCUT2D eigenvalue weighted by atomic mass is 16.5. The van der Waals surface area contributed by atoms with Gasteiger partial charge in [-0.2, -0.15) is 0 Å². The summed E-state index contributed by atoms with van der Waals surface area (Å²) in [5, 5.41) is 0. The van der Waals surface area contributed by atoms with Crippen LogP contribution in [0.2, 0.25) is 0 Å². The third-order valence-electron chi connectivity index (χ3n) is 5.74. The minimum absolute atomic E-state index is 0.0712. The van der Waals surface area contributed by atoms with Crippen LogP contribution in [0.1, 0.15) is 41.6 Å².